The van der Waals surface area contributed by atoms with E-state index in [0.29, 0.717) is 47.1 Å². The molecule has 0 fully saturated rings. The van der Waals surface area contributed by atoms with Gasteiger partial charge in [-0.2, -0.15) is 13.2 Å². The quantitative estimate of drug-likeness (QED) is 0.354. The normalized spacial score (nSPS) is 17.7. The number of hydrogen-bond acceptors (Lipinski definition) is 9. The van der Waals surface area contributed by atoms with Crippen molar-refractivity contribution in [3.63, 3.8) is 0 Å². The summed E-state index contributed by atoms with van der Waals surface area (Å²) in [5, 5.41) is 9.75. The fourth-order valence-electron chi connectivity index (χ4n) is 4.43. The van der Waals surface area contributed by atoms with Gasteiger partial charge in [0.05, 0.1) is 23.8 Å². The summed E-state index contributed by atoms with van der Waals surface area (Å²) in [6.07, 6.45) is -3.41. The number of aliphatic imine (C=N–C) groups is 1. The van der Waals surface area contributed by atoms with Crippen LogP contribution in [0.2, 0.25) is 0 Å². The van der Waals surface area contributed by atoms with Gasteiger partial charge in [0.25, 0.3) is 5.89 Å². The van der Waals surface area contributed by atoms with Gasteiger partial charge in [-0.15, -0.1) is 16.4 Å². The maximum atomic E-state index is 13.5. The van der Waals surface area contributed by atoms with E-state index < -0.39 is 17.3 Å². The van der Waals surface area contributed by atoms with Gasteiger partial charge in [0, 0.05) is 17.5 Å². The van der Waals surface area contributed by atoms with E-state index in [-0.39, 0.29) is 29.8 Å². The lowest BCUT2D eigenvalue weighted by Crippen LogP contribution is -2.29. The number of benzene rings is 2. The molecule has 0 spiro atoms. The Labute approximate surface area is 224 Å². The van der Waals surface area contributed by atoms with E-state index in [1.54, 1.807) is 6.08 Å². The maximum absolute atomic E-state index is 13.5. The van der Waals surface area contributed by atoms with Crippen molar-refractivity contribution in [1.82, 2.24) is 15.2 Å². The number of thiazole rings is 1. The fraction of sp³-hybridized carbons (Fsp3) is 0.222. The van der Waals surface area contributed by atoms with E-state index in [1.807, 2.05) is 54.6 Å². The van der Waals surface area contributed by atoms with Crippen molar-refractivity contribution in [2.24, 2.45) is 4.99 Å². The average molecular weight is 552 g/mol. The highest BCUT2D eigenvalue weighted by Gasteiger charge is 2.38. The molecule has 4 aromatic rings. The Morgan fingerprint density at radius 3 is 2.59 bits per heavy atom. The highest BCUT2D eigenvalue weighted by atomic mass is 32.1. The number of Topliss-reactive ketones (excluding diaryl/α,β-unsaturated/α-hetero) is 1. The van der Waals surface area contributed by atoms with Crippen LogP contribution < -0.4 is 5.32 Å². The molecule has 12 heteroatoms. The summed E-state index contributed by atoms with van der Waals surface area (Å²) < 4.78 is 51.6. The first-order valence-electron chi connectivity index (χ1n) is 12.1. The molecule has 1 N–H and O–H groups in total. The largest absolute Gasteiger partial charge is 0.443 e. The number of ether oxygens (including phenoxy) is 1. The summed E-state index contributed by atoms with van der Waals surface area (Å²) in [5.74, 6) is -0.419. The van der Waals surface area contributed by atoms with E-state index in [0.717, 1.165) is 16.7 Å². The molecule has 0 aliphatic carbocycles. The number of halogens is 3. The van der Waals surface area contributed by atoms with E-state index in [1.165, 1.54) is 0 Å². The minimum Gasteiger partial charge on any atom is -0.402 e. The number of carbonyl (C=O) groups excluding carboxylic acids is 1. The van der Waals surface area contributed by atoms with Crippen LogP contribution in [0.5, 0.6) is 0 Å². The van der Waals surface area contributed by atoms with E-state index >= 15 is 0 Å². The van der Waals surface area contributed by atoms with Gasteiger partial charge in [0.1, 0.15) is 5.69 Å². The summed E-state index contributed by atoms with van der Waals surface area (Å²) in [4.78, 5) is 22.0. The Kier molecular flexibility index (Phi) is 6.57. The molecule has 2 aromatic heterocycles. The number of anilines is 1. The van der Waals surface area contributed by atoms with Crippen LogP contribution in [0.4, 0.5) is 19.2 Å². The van der Waals surface area contributed by atoms with Crippen LogP contribution in [0, 0.1) is 0 Å². The van der Waals surface area contributed by atoms with Gasteiger partial charge in [-0.1, -0.05) is 65.8 Å². The second-order valence-electron chi connectivity index (χ2n) is 8.85. The smallest absolute Gasteiger partial charge is 0.402 e. The number of nitrogens with zero attached hydrogens (tertiary/aromatic N) is 4. The summed E-state index contributed by atoms with van der Waals surface area (Å²) in [5.41, 5.74) is 3.73. The number of hydrogen-bond donors (Lipinski definition) is 1. The van der Waals surface area contributed by atoms with Crippen LogP contribution in [0.15, 0.2) is 70.1 Å². The molecule has 1 atom stereocenters. The molecule has 2 aromatic carbocycles. The molecule has 4 heterocycles. The van der Waals surface area contributed by atoms with Crippen molar-refractivity contribution in [2.45, 2.75) is 25.2 Å². The van der Waals surface area contributed by atoms with Gasteiger partial charge in [0.2, 0.25) is 0 Å². The minimum absolute atomic E-state index is 0.0610. The summed E-state index contributed by atoms with van der Waals surface area (Å²) in [7, 11) is 0. The lowest BCUT2D eigenvalue weighted by molar-refractivity contribution is -0.137. The molecule has 6 rings (SSSR count). The van der Waals surface area contributed by atoms with Gasteiger partial charge < -0.3 is 14.5 Å². The fourth-order valence-corrected chi connectivity index (χ4v) is 5.42. The van der Waals surface area contributed by atoms with E-state index in [2.05, 4.69) is 20.5 Å². The molecular weight excluding hydrogens is 531 g/mol. The van der Waals surface area contributed by atoms with Crippen molar-refractivity contribution in [3.05, 3.63) is 87.2 Å². The molecule has 0 bridgehead atoms. The highest BCUT2D eigenvalue weighted by molar-refractivity contribution is 7.13. The molecular formula is C27H20F3N5O3S. The van der Waals surface area contributed by atoms with Crippen molar-refractivity contribution in [3.8, 4) is 11.6 Å². The summed E-state index contributed by atoms with van der Waals surface area (Å²) in [6, 6.07) is 16.8. The minimum atomic E-state index is -4.63. The SMILES string of the molecule is O=C1Cc2ccccc2C(c2ccccc2)=N[C@@H]1Nc1nnc(-c2nc(C(F)(F)F)sc2C2=CCOCC2)o1. The third-order valence-electron chi connectivity index (χ3n) is 6.26. The molecule has 39 heavy (non-hydrogen) atoms. The van der Waals surface area contributed by atoms with Crippen molar-refractivity contribution in [2.75, 3.05) is 18.5 Å². The van der Waals surface area contributed by atoms with Crippen LogP contribution in [0.1, 0.15) is 33.0 Å². The predicted octanol–water partition coefficient (Wildman–Crippen LogP) is 5.42. The molecule has 0 saturated heterocycles. The number of alkyl halides is 3. The van der Waals surface area contributed by atoms with Crippen molar-refractivity contribution in [1.29, 1.82) is 0 Å². The molecule has 0 unspecified atom stereocenters. The molecule has 2 aliphatic rings. The van der Waals surface area contributed by atoms with Crippen LogP contribution in [-0.4, -0.2) is 46.1 Å². The Bertz CT molecular complexity index is 1590. The zero-order chi connectivity index (χ0) is 27.0. The van der Waals surface area contributed by atoms with Crippen molar-refractivity contribution < 1.29 is 27.1 Å². The predicted molar refractivity (Wildman–Crippen MR) is 138 cm³/mol. The Hall–Kier alpha value is -4.16. The lowest BCUT2D eigenvalue weighted by atomic mass is 9.96. The van der Waals surface area contributed by atoms with Crippen LogP contribution in [0.3, 0.4) is 0 Å². The van der Waals surface area contributed by atoms with E-state index in [9.17, 15) is 18.0 Å². The maximum Gasteiger partial charge on any atom is 0.443 e. The van der Waals surface area contributed by atoms with Gasteiger partial charge >= 0.3 is 12.2 Å². The first kappa shape index (κ1) is 25.1. The first-order chi connectivity index (χ1) is 18.9. The first-order valence-corrected chi connectivity index (χ1v) is 12.9. The highest BCUT2D eigenvalue weighted by Crippen LogP contribution is 2.41. The topological polar surface area (TPSA) is 103 Å². The van der Waals surface area contributed by atoms with Gasteiger partial charge in [-0.25, -0.2) is 4.98 Å². The molecule has 0 radical (unpaired) electrons. The Morgan fingerprint density at radius 2 is 1.82 bits per heavy atom. The second-order valence-corrected chi connectivity index (χ2v) is 9.85. The van der Waals surface area contributed by atoms with Gasteiger partial charge in [0.15, 0.2) is 17.0 Å². The number of ketones is 1. The van der Waals surface area contributed by atoms with Crippen molar-refractivity contribution >= 4 is 34.4 Å². The molecule has 198 valence electrons. The monoisotopic (exact) mass is 551 g/mol. The third kappa shape index (κ3) is 5.12. The van der Waals surface area contributed by atoms with Gasteiger partial charge in [-0.3, -0.25) is 9.79 Å². The molecule has 2 aliphatic heterocycles. The number of rotatable bonds is 5. The average Bonchev–Trinajstić information content (AvgIpc) is 3.57. The third-order valence-corrected chi connectivity index (χ3v) is 7.44. The van der Waals surface area contributed by atoms with E-state index in [4.69, 9.17) is 14.1 Å². The summed E-state index contributed by atoms with van der Waals surface area (Å²) in [6.45, 7) is 0.674. The van der Waals surface area contributed by atoms with Crippen LogP contribution in [-0.2, 0) is 22.1 Å². The van der Waals surface area contributed by atoms with Gasteiger partial charge in [-0.05, 0) is 17.6 Å². The Morgan fingerprint density at radius 1 is 1.03 bits per heavy atom. The number of nitrogens with one attached hydrogen (secondary N) is 1. The Balaban J connectivity index is 1.35. The number of carbonyl (C=O) groups is 1. The molecule has 0 amide bonds. The standard InChI is InChI=1S/C27H20F3N5O3S/c28-27(29,30)25-32-21(22(39-25)16-10-12-37-13-11-16)24-34-35-26(38-24)33-23-19(36)14-17-8-4-5-9-18(17)20(31-23)15-6-2-1-3-7-15/h1-10,23H,11-14H2,(H,33,35)/t23-/m1/s1. The summed E-state index contributed by atoms with van der Waals surface area (Å²) >= 11 is 0.523. The number of aromatic nitrogens is 3. The molecule has 0 saturated carbocycles. The molecule has 8 nitrogen and oxygen atoms in total. The second kappa shape index (κ2) is 10.2. The number of fused-ring (bicyclic) bond motifs is 1. The zero-order valence-corrected chi connectivity index (χ0v) is 21.1. The lowest BCUT2D eigenvalue weighted by Gasteiger charge is -2.12. The van der Waals surface area contributed by atoms with Crippen LogP contribution >= 0.6 is 11.3 Å². The van der Waals surface area contributed by atoms with Crippen LogP contribution in [0.25, 0.3) is 17.2 Å². The zero-order valence-electron chi connectivity index (χ0n) is 20.2.